The van der Waals surface area contributed by atoms with E-state index in [2.05, 4.69) is 12.1 Å². The number of hydrogen-bond donors (Lipinski definition) is 1. The van der Waals surface area contributed by atoms with Crippen LogP contribution in [0.1, 0.15) is 11.1 Å². The number of para-hydroxylation sites is 1. The highest BCUT2D eigenvalue weighted by atomic mass is 32.2. The molecular weight excluding hydrogens is 294 g/mol. The van der Waals surface area contributed by atoms with Crippen LogP contribution < -0.4 is 4.90 Å². The Bertz CT molecular complexity index is 674. The second-order valence-electron chi connectivity index (χ2n) is 5.39. The highest BCUT2D eigenvalue weighted by Crippen LogP contribution is 2.49. The van der Waals surface area contributed by atoms with Crippen LogP contribution in [0.5, 0.6) is 0 Å². The van der Waals surface area contributed by atoms with E-state index in [-0.39, 0.29) is 12.5 Å². The summed E-state index contributed by atoms with van der Waals surface area (Å²) in [6.07, 6.45) is 2.65. The van der Waals surface area contributed by atoms with Crippen LogP contribution >= 0.6 is 11.8 Å². The molecule has 0 saturated heterocycles. The molecule has 2 aromatic carbocycles. The number of carbonyl (C=O) groups excluding carboxylic acids is 1. The number of rotatable bonds is 5. The number of carbonyl (C=O) groups is 1. The van der Waals surface area contributed by atoms with Gasteiger partial charge < -0.3 is 10.0 Å². The minimum absolute atomic E-state index is 0.0319. The van der Waals surface area contributed by atoms with Crippen molar-refractivity contribution in [2.45, 2.75) is 11.2 Å². The maximum Gasteiger partial charge on any atom is 0.248 e. The van der Waals surface area contributed by atoms with E-state index in [1.807, 2.05) is 48.7 Å². The molecule has 0 bridgehead atoms. The quantitative estimate of drug-likeness (QED) is 0.923. The number of β-amino-alcohol motifs (C(OH)–C–C–N with tert-alkyl or cyclic N) is 1. The Hall–Kier alpha value is -1.78. The van der Waals surface area contributed by atoms with E-state index in [9.17, 15) is 9.90 Å². The SMILES string of the molecule is CSC1(Cc2ccccc2)C(=O)N(CCO)c2ccccc21. The fourth-order valence-electron chi connectivity index (χ4n) is 3.14. The van der Waals surface area contributed by atoms with Gasteiger partial charge in [0.05, 0.1) is 6.61 Å². The second-order valence-corrected chi connectivity index (χ2v) is 6.50. The number of aliphatic hydroxyl groups is 1. The number of fused-ring (bicyclic) bond motifs is 1. The zero-order chi connectivity index (χ0) is 15.6. The van der Waals surface area contributed by atoms with Crippen molar-refractivity contribution in [3.63, 3.8) is 0 Å². The van der Waals surface area contributed by atoms with E-state index in [0.717, 1.165) is 16.8 Å². The molecule has 0 spiro atoms. The van der Waals surface area contributed by atoms with Crippen LogP contribution in [-0.2, 0) is 16.0 Å². The molecule has 22 heavy (non-hydrogen) atoms. The molecule has 1 aliphatic heterocycles. The molecule has 1 unspecified atom stereocenters. The van der Waals surface area contributed by atoms with Crippen molar-refractivity contribution in [3.8, 4) is 0 Å². The van der Waals surface area contributed by atoms with Crippen molar-refractivity contribution < 1.29 is 9.90 Å². The molecule has 1 heterocycles. The largest absolute Gasteiger partial charge is 0.395 e. The Labute approximate surface area is 135 Å². The average molecular weight is 313 g/mol. The second kappa shape index (κ2) is 6.15. The molecule has 3 rings (SSSR count). The van der Waals surface area contributed by atoms with Crippen molar-refractivity contribution >= 4 is 23.4 Å². The highest BCUT2D eigenvalue weighted by molar-refractivity contribution is 8.00. The predicted molar refractivity (Wildman–Crippen MR) is 91.2 cm³/mol. The highest BCUT2D eigenvalue weighted by Gasteiger charge is 2.50. The summed E-state index contributed by atoms with van der Waals surface area (Å²) in [5, 5.41) is 9.30. The van der Waals surface area contributed by atoms with Gasteiger partial charge in [-0.3, -0.25) is 4.79 Å². The normalized spacial score (nSPS) is 20.3. The molecule has 0 aromatic heterocycles. The summed E-state index contributed by atoms with van der Waals surface area (Å²) in [6.45, 7) is 0.308. The summed E-state index contributed by atoms with van der Waals surface area (Å²) in [7, 11) is 0. The first-order valence-electron chi connectivity index (χ1n) is 7.34. The van der Waals surface area contributed by atoms with Gasteiger partial charge in [-0.1, -0.05) is 48.5 Å². The van der Waals surface area contributed by atoms with Gasteiger partial charge >= 0.3 is 0 Å². The smallest absolute Gasteiger partial charge is 0.248 e. The molecule has 114 valence electrons. The molecule has 1 aliphatic rings. The fourth-order valence-corrected chi connectivity index (χ4v) is 4.13. The molecule has 1 N–H and O–H groups in total. The van der Waals surface area contributed by atoms with E-state index < -0.39 is 4.75 Å². The Morgan fingerprint density at radius 1 is 1.09 bits per heavy atom. The number of amides is 1. The molecule has 3 nitrogen and oxygen atoms in total. The Balaban J connectivity index is 2.08. The van der Waals surface area contributed by atoms with E-state index >= 15 is 0 Å². The van der Waals surface area contributed by atoms with E-state index in [4.69, 9.17) is 0 Å². The van der Waals surface area contributed by atoms with Crippen LogP contribution in [0, 0.1) is 0 Å². The lowest BCUT2D eigenvalue weighted by Crippen LogP contribution is -2.40. The molecule has 0 fully saturated rings. The predicted octanol–water partition coefficient (Wildman–Crippen LogP) is 2.83. The third kappa shape index (κ3) is 2.32. The van der Waals surface area contributed by atoms with Crippen LogP contribution in [-0.4, -0.2) is 30.4 Å². The van der Waals surface area contributed by atoms with Crippen molar-refractivity contribution in [2.24, 2.45) is 0 Å². The first-order chi connectivity index (χ1) is 10.7. The molecule has 4 heteroatoms. The standard InChI is InChI=1S/C18H19NO2S/c1-22-18(13-14-7-3-2-4-8-14)15-9-5-6-10-16(15)19(11-12-20)17(18)21/h2-10,20H,11-13H2,1H3. The first kappa shape index (κ1) is 15.1. The summed E-state index contributed by atoms with van der Waals surface area (Å²) < 4.78 is -0.604. The lowest BCUT2D eigenvalue weighted by atomic mass is 9.92. The average Bonchev–Trinajstić information content (AvgIpc) is 2.79. The number of hydrogen-bond acceptors (Lipinski definition) is 3. The van der Waals surface area contributed by atoms with Gasteiger partial charge in [0.2, 0.25) is 5.91 Å². The van der Waals surface area contributed by atoms with Crippen molar-refractivity contribution in [3.05, 3.63) is 65.7 Å². The zero-order valence-corrected chi connectivity index (χ0v) is 13.3. The minimum Gasteiger partial charge on any atom is -0.395 e. The van der Waals surface area contributed by atoms with Crippen LogP contribution in [0.2, 0.25) is 0 Å². The number of thioether (sulfide) groups is 1. The van der Waals surface area contributed by atoms with Crippen molar-refractivity contribution in [1.82, 2.24) is 0 Å². The van der Waals surface area contributed by atoms with E-state index in [1.54, 1.807) is 16.7 Å². The monoisotopic (exact) mass is 313 g/mol. The summed E-state index contributed by atoms with van der Waals surface area (Å²) in [4.78, 5) is 14.8. The first-order valence-corrected chi connectivity index (χ1v) is 8.57. The van der Waals surface area contributed by atoms with Gasteiger partial charge in [0.15, 0.2) is 0 Å². The Morgan fingerprint density at radius 3 is 2.45 bits per heavy atom. The zero-order valence-electron chi connectivity index (χ0n) is 12.5. The molecule has 0 saturated carbocycles. The number of aliphatic hydroxyl groups excluding tert-OH is 1. The summed E-state index contributed by atoms with van der Waals surface area (Å²) >= 11 is 1.58. The maximum atomic E-state index is 13.1. The summed E-state index contributed by atoms with van der Waals surface area (Å²) in [6, 6.07) is 18.0. The van der Waals surface area contributed by atoms with Crippen LogP contribution in [0.15, 0.2) is 54.6 Å². The van der Waals surface area contributed by atoms with Crippen molar-refractivity contribution in [2.75, 3.05) is 24.3 Å². The van der Waals surface area contributed by atoms with Gasteiger partial charge in [-0.25, -0.2) is 0 Å². The van der Waals surface area contributed by atoms with Gasteiger partial charge in [-0.2, -0.15) is 0 Å². The lowest BCUT2D eigenvalue weighted by molar-refractivity contribution is -0.120. The molecule has 1 atom stereocenters. The molecular formula is C18H19NO2S. The van der Waals surface area contributed by atoms with Gasteiger partial charge in [-0.05, 0) is 17.9 Å². The number of anilines is 1. The van der Waals surface area contributed by atoms with Crippen molar-refractivity contribution in [1.29, 1.82) is 0 Å². The lowest BCUT2D eigenvalue weighted by Gasteiger charge is -2.27. The van der Waals surface area contributed by atoms with E-state index in [0.29, 0.717) is 13.0 Å². The van der Waals surface area contributed by atoms with Gasteiger partial charge in [-0.15, -0.1) is 11.8 Å². The molecule has 1 amide bonds. The number of benzene rings is 2. The van der Waals surface area contributed by atoms with Gasteiger partial charge in [0, 0.05) is 24.2 Å². The Morgan fingerprint density at radius 2 is 1.77 bits per heavy atom. The molecule has 0 radical (unpaired) electrons. The van der Waals surface area contributed by atoms with Gasteiger partial charge in [0.1, 0.15) is 4.75 Å². The fraction of sp³-hybridized carbons (Fsp3) is 0.278. The molecule has 0 aliphatic carbocycles. The van der Waals surface area contributed by atoms with Gasteiger partial charge in [0.25, 0.3) is 0 Å². The topological polar surface area (TPSA) is 40.5 Å². The number of nitrogens with zero attached hydrogens (tertiary/aromatic N) is 1. The Kier molecular flexibility index (Phi) is 4.23. The van der Waals surface area contributed by atoms with Crippen LogP contribution in [0.3, 0.4) is 0 Å². The summed E-state index contributed by atoms with van der Waals surface area (Å²) in [5.74, 6) is 0.0686. The van der Waals surface area contributed by atoms with E-state index in [1.165, 1.54) is 0 Å². The third-order valence-corrected chi connectivity index (χ3v) is 5.42. The van der Waals surface area contributed by atoms with Crippen LogP contribution in [0.4, 0.5) is 5.69 Å². The third-order valence-electron chi connectivity index (χ3n) is 4.19. The summed E-state index contributed by atoms with van der Waals surface area (Å²) in [5.41, 5.74) is 3.11. The molecule has 2 aromatic rings. The van der Waals surface area contributed by atoms with Crippen LogP contribution in [0.25, 0.3) is 0 Å². The minimum atomic E-state index is -0.604. The maximum absolute atomic E-state index is 13.1.